The van der Waals surface area contributed by atoms with Crippen molar-refractivity contribution in [1.29, 1.82) is 0 Å². The molecule has 1 aliphatic rings. The van der Waals surface area contributed by atoms with Gasteiger partial charge in [0.2, 0.25) is 0 Å². The van der Waals surface area contributed by atoms with Gasteiger partial charge in [0, 0.05) is 0 Å². The maximum atomic E-state index is 13.2. The number of hydrogen-bond donors (Lipinski definition) is 1. The van der Waals surface area contributed by atoms with Crippen molar-refractivity contribution in [3.63, 3.8) is 0 Å². The summed E-state index contributed by atoms with van der Waals surface area (Å²) in [5, 5.41) is 2.23. The molecule has 9 heteroatoms. The van der Waals surface area contributed by atoms with Crippen molar-refractivity contribution >= 4 is 52.2 Å². The first kappa shape index (κ1) is 25.3. The smallest absolute Gasteiger partial charge is 0.335 e. The zero-order valence-electron chi connectivity index (χ0n) is 18.9. The minimum atomic E-state index is -0.813. The monoisotopic (exact) mass is 576 g/mol. The molecule has 1 saturated heterocycles. The molecular weight excluding hydrogens is 551 g/mol. The predicted molar refractivity (Wildman–Crippen MR) is 137 cm³/mol. The molecule has 34 heavy (non-hydrogen) atoms. The summed E-state index contributed by atoms with van der Waals surface area (Å²) in [6.45, 7) is 8.75. The molecule has 1 N–H and O–H groups in total. The Kier molecular flexibility index (Phi) is 8.69. The van der Waals surface area contributed by atoms with E-state index >= 15 is 0 Å². The molecule has 2 aromatic rings. The second-order valence-electron chi connectivity index (χ2n) is 7.16. The van der Waals surface area contributed by atoms with E-state index in [1.165, 1.54) is 6.08 Å². The number of carbonyl (C=O) groups is 3. The maximum absolute atomic E-state index is 13.2. The van der Waals surface area contributed by atoms with Crippen molar-refractivity contribution in [2.45, 2.75) is 20.3 Å². The fraction of sp³-hybridized carbons (Fsp3) is 0.240. The second kappa shape index (κ2) is 11.7. The van der Waals surface area contributed by atoms with Gasteiger partial charge in [0.25, 0.3) is 11.8 Å². The summed E-state index contributed by atoms with van der Waals surface area (Å²) < 4.78 is 17.7. The highest BCUT2D eigenvalue weighted by Crippen LogP contribution is 2.35. The van der Waals surface area contributed by atoms with Crippen molar-refractivity contribution in [1.82, 2.24) is 5.32 Å². The minimum absolute atomic E-state index is 0.177. The van der Waals surface area contributed by atoms with Gasteiger partial charge in [-0.1, -0.05) is 19.6 Å². The fourth-order valence-electron chi connectivity index (χ4n) is 3.19. The van der Waals surface area contributed by atoms with Crippen LogP contribution in [0.3, 0.4) is 0 Å². The first-order valence-corrected chi connectivity index (χ1v) is 11.8. The Morgan fingerprint density at radius 2 is 1.79 bits per heavy atom. The summed E-state index contributed by atoms with van der Waals surface area (Å²) in [5.41, 5.74) is 0.696. The molecule has 1 fully saturated rings. The number of nitrogens with one attached hydrogen (secondary N) is 1. The highest BCUT2D eigenvalue weighted by molar-refractivity contribution is 14.1. The number of amides is 4. The average molecular weight is 576 g/mol. The third-order valence-corrected chi connectivity index (χ3v) is 5.46. The van der Waals surface area contributed by atoms with Crippen LogP contribution in [0.4, 0.5) is 10.5 Å². The minimum Gasteiger partial charge on any atom is -0.494 e. The normalized spacial score (nSPS) is 14.7. The molecule has 0 spiro atoms. The topological polar surface area (TPSA) is 94.2 Å². The van der Waals surface area contributed by atoms with E-state index < -0.39 is 17.8 Å². The molecule has 0 atom stereocenters. The van der Waals surface area contributed by atoms with Crippen LogP contribution in [0.15, 0.2) is 54.6 Å². The van der Waals surface area contributed by atoms with Gasteiger partial charge in [-0.3, -0.25) is 14.9 Å². The van der Waals surface area contributed by atoms with Crippen molar-refractivity contribution in [2.75, 3.05) is 24.7 Å². The Morgan fingerprint density at radius 3 is 2.44 bits per heavy atom. The summed E-state index contributed by atoms with van der Waals surface area (Å²) in [6, 6.07) is 9.16. The average Bonchev–Trinajstić information content (AvgIpc) is 2.81. The summed E-state index contributed by atoms with van der Waals surface area (Å²) in [4.78, 5) is 39.1. The van der Waals surface area contributed by atoms with Gasteiger partial charge in [0.05, 0.1) is 22.5 Å². The molecule has 0 unspecified atom stereocenters. The Hall–Kier alpha value is -3.34. The predicted octanol–water partition coefficient (Wildman–Crippen LogP) is 4.71. The standard InChI is InChI=1S/C25H25IN2O6/c1-4-11-33-18-9-7-17(8-10-18)28-24(30)19(23(29)27-25(28)31)13-16-14-20(26)22(34-12-5-2)21(15-16)32-6-3/h5,7-10,13-15H,2,4,6,11-12H2,1,3H3,(H,27,29,31)/b19-13-. The van der Waals surface area contributed by atoms with Gasteiger partial charge in [0.15, 0.2) is 11.5 Å². The number of nitrogens with zero attached hydrogens (tertiary/aromatic N) is 1. The number of urea groups is 1. The van der Waals surface area contributed by atoms with Gasteiger partial charge >= 0.3 is 6.03 Å². The molecule has 0 aliphatic carbocycles. The molecule has 178 valence electrons. The zero-order valence-corrected chi connectivity index (χ0v) is 21.1. The van der Waals surface area contributed by atoms with E-state index in [-0.39, 0.29) is 5.57 Å². The van der Waals surface area contributed by atoms with Gasteiger partial charge < -0.3 is 14.2 Å². The third-order valence-electron chi connectivity index (χ3n) is 4.66. The van der Waals surface area contributed by atoms with E-state index in [4.69, 9.17) is 14.2 Å². The highest BCUT2D eigenvalue weighted by Gasteiger charge is 2.36. The number of anilines is 1. The lowest BCUT2D eigenvalue weighted by atomic mass is 10.1. The van der Waals surface area contributed by atoms with E-state index in [1.807, 2.05) is 13.8 Å². The third kappa shape index (κ3) is 5.77. The summed E-state index contributed by atoms with van der Waals surface area (Å²) in [6.07, 6.45) is 3.91. The lowest BCUT2D eigenvalue weighted by molar-refractivity contribution is -0.122. The number of barbiturate groups is 1. The van der Waals surface area contributed by atoms with Crippen molar-refractivity contribution in [3.05, 3.63) is 63.8 Å². The molecule has 0 saturated carbocycles. The fourth-order valence-corrected chi connectivity index (χ4v) is 3.97. The number of rotatable bonds is 10. The molecule has 2 aromatic carbocycles. The van der Waals surface area contributed by atoms with Crippen LogP contribution in [0, 0.1) is 3.57 Å². The summed E-state index contributed by atoms with van der Waals surface area (Å²) in [5.74, 6) is 0.151. The van der Waals surface area contributed by atoms with Crippen LogP contribution in [0.25, 0.3) is 6.08 Å². The van der Waals surface area contributed by atoms with E-state index in [0.29, 0.717) is 48.3 Å². The Labute approximate surface area is 211 Å². The lowest BCUT2D eigenvalue weighted by Gasteiger charge is -2.26. The Balaban J connectivity index is 1.95. The first-order valence-electron chi connectivity index (χ1n) is 10.7. The number of benzene rings is 2. The molecule has 1 heterocycles. The van der Waals surface area contributed by atoms with Crippen molar-refractivity contribution < 1.29 is 28.6 Å². The molecular formula is C25H25IN2O6. The van der Waals surface area contributed by atoms with Crippen LogP contribution in [0.2, 0.25) is 0 Å². The van der Waals surface area contributed by atoms with E-state index in [0.717, 1.165) is 14.9 Å². The van der Waals surface area contributed by atoms with E-state index in [1.54, 1.807) is 42.5 Å². The zero-order chi connectivity index (χ0) is 24.7. The number of halogens is 1. The number of ether oxygens (including phenoxy) is 3. The maximum Gasteiger partial charge on any atom is 0.335 e. The summed E-state index contributed by atoms with van der Waals surface area (Å²) in [7, 11) is 0. The number of carbonyl (C=O) groups excluding carboxylic acids is 3. The van der Waals surface area contributed by atoms with Gasteiger partial charge in [-0.2, -0.15) is 0 Å². The van der Waals surface area contributed by atoms with E-state index in [9.17, 15) is 14.4 Å². The molecule has 8 nitrogen and oxygen atoms in total. The van der Waals surface area contributed by atoms with Crippen LogP contribution < -0.4 is 24.4 Å². The van der Waals surface area contributed by atoms with Crippen LogP contribution in [0.5, 0.6) is 17.2 Å². The van der Waals surface area contributed by atoms with Gasteiger partial charge in [-0.15, -0.1) is 0 Å². The molecule has 0 bridgehead atoms. The van der Waals surface area contributed by atoms with Gasteiger partial charge in [0.1, 0.15) is 17.9 Å². The second-order valence-corrected chi connectivity index (χ2v) is 8.33. The molecule has 3 rings (SSSR count). The molecule has 0 aromatic heterocycles. The van der Waals surface area contributed by atoms with Crippen LogP contribution in [0.1, 0.15) is 25.8 Å². The van der Waals surface area contributed by atoms with E-state index in [2.05, 4.69) is 34.5 Å². The quantitative estimate of drug-likeness (QED) is 0.191. The number of hydrogen-bond acceptors (Lipinski definition) is 6. The highest BCUT2D eigenvalue weighted by atomic mass is 127. The number of imide groups is 2. The first-order chi connectivity index (χ1) is 16.4. The van der Waals surface area contributed by atoms with Crippen LogP contribution in [-0.2, 0) is 9.59 Å². The summed E-state index contributed by atoms with van der Waals surface area (Å²) >= 11 is 2.09. The van der Waals surface area contributed by atoms with Crippen molar-refractivity contribution in [3.8, 4) is 17.2 Å². The van der Waals surface area contributed by atoms with Crippen LogP contribution in [-0.4, -0.2) is 37.7 Å². The molecule has 4 amide bonds. The van der Waals surface area contributed by atoms with Crippen LogP contribution >= 0.6 is 22.6 Å². The lowest BCUT2D eigenvalue weighted by Crippen LogP contribution is -2.54. The van der Waals surface area contributed by atoms with Crippen molar-refractivity contribution in [2.24, 2.45) is 0 Å². The SMILES string of the molecule is C=CCOc1c(I)cc(/C=C2/C(=O)NC(=O)N(c3ccc(OCCC)cc3)C2=O)cc1OCC. The van der Waals surface area contributed by atoms with Gasteiger partial charge in [-0.25, -0.2) is 9.69 Å². The largest absolute Gasteiger partial charge is 0.494 e. The Bertz CT molecular complexity index is 1130. The molecule has 0 radical (unpaired) electrons. The van der Waals surface area contributed by atoms with Gasteiger partial charge in [-0.05, 0) is 84.0 Å². The Morgan fingerprint density at radius 1 is 1.06 bits per heavy atom. The molecule has 1 aliphatic heterocycles.